The number of carbonyl (C=O) groups is 1. The van der Waals surface area contributed by atoms with E-state index in [2.05, 4.69) is 21.2 Å². The minimum atomic E-state index is -4.33. The second kappa shape index (κ2) is 6.92. The molecule has 4 fully saturated rings. The van der Waals surface area contributed by atoms with Crippen molar-refractivity contribution in [3.05, 3.63) is 34.6 Å². The molecule has 0 bridgehead atoms. The molecule has 2 saturated carbocycles. The number of anilines is 1. The fraction of sp³-hybridized carbons (Fsp3) is 0.583. The average Bonchev–Trinajstić information content (AvgIpc) is 3.68. The Morgan fingerprint density at radius 3 is 2.39 bits per heavy atom. The first-order valence-electron chi connectivity index (χ1n) is 12.1. The standard InChI is InChI=1S/C24H23ClF3N7O/c25-16-1-2-17-15(7-16)8-34(23(5-6-23)24(26,27)28)9-18-30-31-20(35(17)18)33-13-21(14-33)11-32(12-21)19(36)22(10-29)3-4-22/h1-2,7H,3-6,8-9,11-14H2. The van der Waals surface area contributed by atoms with E-state index in [1.54, 1.807) is 17.0 Å². The van der Waals surface area contributed by atoms with Gasteiger partial charge in [-0.25, -0.2) is 0 Å². The smallest absolute Gasteiger partial charge is 0.340 e. The van der Waals surface area contributed by atoms with Crippen molar-refractivity contribution < 1.29 is 18.0 Å². The molecule has 0 N–H and O–H groups in total. The fourth-order valence-electron chi connectivity index (χ4n) is 6.21. The molecule has 8 nitrogen and oxygen atoms in total. The number of halogens is 4. The summed E-state index contributed by atoms with van der Waals surface area (Å²) in [6.45, 7) is 2.74. The van der Waals surface area contributed by atoms with Gasteiger partial charge in [0.2, 0.25) is 11.9 Å². The number of alkyl halides is 3. The van der Waals surface area contributed by atoms with Gasteiger partial charge in [0.25, 0.3) is 0 Å². The number of hydrogen-bond acceptors (Lipinski definition) is 6. The van der Waals surface area contributed by atoms with Crippen LogP contribution in [0.4, 0.5) is 19.1 Å². The predicted octanol–water partition coefficient (Wildman–Crippen LogP) is 3.28. The number of amides is 1. The normalized spacial score (nSPS) is 24.6. The highest BCUT2D eigenvalue weighted by Gasteiger charge is 2.67. The van der Waals surface area contributed by atoms with E-state index >= 15 is 0 Å². The van der Waals surface area contributed by atoms with E-state index in [4.69, 9.17) is 11.6 Å². The molecule has 12 heteroatoms. The lowest BCUT2D eigenvalue weighted by molar-refractivity contribution is -0.200. The molecule has 2 saturated heterocycles. The van der Waals surface area contributed by atoms with Crippen LogP contribution in [0.25, 0.3) is 5.69 Å². The lowest BCUT2D eigenvalue weighted by Crippen LogP contribution is -2.74. The molecule has 0 atom stereocenters. The number of nitriles is 1. The fourth-order valence-corrected chi connectivity index (χ4v) is 6.40. The Hall–Kier alpha value is -2.84. The molecular formula is C24H23ClF3N7O. The summed E-state index contributed by atoms with van der Waals surface area (Å²) < 4.78 is 43.9. The third-order valence-corrected chi connectivity index (χ3v) is 8.83. The molecule has 4 heterocycles. The van der Waals surface area contributed by atoms with Gasteiger partial charge in [-0.15, -0.1) is 10.2 Å². The highest BCUT2D eigenvalue weighted by Crippen LogP contribution is 2.55. The van der Waals surface area contributed by atoms with E-state index in [1.165, 1.54) is 4.90 Å². The first-order chi connectivity index (χ1) is 17.1. The number of aromatic nitrogens is 3. The SMILES string of the molecule is N#CC1(C(=O)N2CC3(C2)CN(c2nnc4n2-c2ccc(Cl)cc2CN(C2(C(F)(F)F)CC2)C4)C3)CC1. The van der Waals surface area contributed by atoms with Crippen molar-refractivity contribution in [2.75, 3.05) is 31.1 Å². The maximum absolute atomic E-state index is 14.0. The highest BCUT2D eigenvalue weighted by atomic mass is 35.5. The molecule has 5 aliphatic rings. The van der Waals surface area contributed by atoms with E-state index in [1.807, 2.05) is 10.6 Å². The van der Waals surface area contributed by atoms with E-state index in [-0.39, 0.29) is 37.3 Å². The maximum atomic E-state index is 14.0. The zero-order chi connectivity index (χ0) is 25.1. The van der Waals surface area contributed by atoms with Crippen LogP contribution in [0.3, 0.4) is 0 Å². The number of rotatable bonds is 3. The van der Waals surface area contributed by atoms with Gasteiger partial charge < -0.3 is 9.80 Å². The van der Waals surface area contributed by atoms with Crippen LogP contribution in [0.15, 0.2) is 18.2 Å². The molecule has 0 unspecified atom stereocenters. The van der Waals surface area contributed by atoms with Crippen LogP contribution >= 0.6 is 11.6 Å². The number of benzene rings is 1. The zero-order valence-electron chi connectivity index (χ0n) is 19.4. The average molecular weight is 518 g/mol. The molecule has 1 spiro atoms. The van der Waals surface area contributed by atoms with Crippen molar-refractivity contribution in [2.45, 2.75) is 50.5 Å². The molecule has 188 valence electrons. The number of hydrogen-bond donors (Lipinski definition) is 0. The minimum absolute atomic E-state index is 0.0380. The topological polar surface area (TPSA) is 81.3 Å². The summed E-state index contributed by atoms with van der Waals surface area (Å²) in [5.41, 5.74) is -1.23. The number of fused-ring (bicyclic) bond motifs is 3. The molecule has 3 aliphatic heterocycles. The quantitative estimate of drug-likeness (QED) is 0.621. The van der Waals surface area contributed by atoms with Gasteiger partial charge in [0.1, 0.15) is 11.0 Å². The Morgan fingerprint density at radius 2 is 1.78 bits per heavy atom. The van der Waals surface area contributed by atoms with Crippen molar-refractivity contribution in [2.24, 2.45) is 10.8 Å². The molecule has 1 amide bonds. The zero-order valence-corrected chi connectivity index (χ0v) is 20.1. The minimum Gasteiger partial charge on any atom is -0.340 e. The van der Waals surface area contributed by atoms with Crippen LogP contribution in [0.1, 0.15) is 37.1 Å². The van der Waals surface area contributed by atoms with Gasteiger partial charge in [0.05, 0.1) is 18.3 Å². The Morgan fingerprint density at radius 1 is 1.06 bits per heavy atom. The van der Waals surface area contributed by atoms with Crippen molar-refractivity contribution >= 4 is 23.5 Å². The summed E-state index contributed by atoms with van der Waals surface area (Å²) in [6.07, 6.45) is -2.90. The summed E-state index contributed by atoms with van der Waals surface area (Å²) >= 11 is 6.25. The van der Waals surface area contributed by atoms with E-state index in [0.29, 0.717) is 61.4 Å². The van der Waals surface area contributed by atoms with Crippen molar-refractivity contribution in [3.8, 4) is 11.8 Å². The third-order valence-electron chi connectivity index (χ3n) is 8.59. The summed E-state index contributed by atoms with van der Waals surface area (Å²) in [5, 5.41) is 18.5. The van der Waals surface area contributed by atoms with Crippen LogP contribution in [0, 0.1) is 22.2 Å². The number of carbonyl (C=O) groups excluding carboxylic acids is 1. The first-order valence-corrected chi connectivity index (χ1v) is 12.5. The Kier molecular flexibility index (Phi) is 4.30. The van der Waals surface area contributed by atoms with Crippen LogP contribution in [-0.2, 0) is 17.9 Å². The van der Waals surface area contributed by atoms with Crippen molar-refractivity contribution in [3.63, 3.8) is 0 Å². The Bertz CT molecular complexity index is 1330. The summed E-state index contributed by atoms with van der Waals surface area (Å²) in [7, 11) is 0. The van der Waals surface area contributed by atoms with Crippen LogP contribution < -0.4 is 4.90 Å². The second-order valence-electron chi connectivity index (χ2n) is 11.1. The Labute approximate surface area is 210 Å². The molecule has 1 aromatic heterocycles. The summed E-state index contributed by atoms with van der Waals surface area (Å²) in [5.74, 6) is 1.01. The van der Waals surface area contributed by atoms with Gasteiger partial charge in [0, 0.05) is 43.2 Å². The van der Waals surface area contributed by atoms with Crippen molar-refractivity contribution in [1.29, 1.82) is 5.26 Å². The van der Waals surface area contributed by atoms with Crippen LogP contribution in [0.2, 0.25) is 5.02 Å². The van der Waals surface area contributed by atoms with Crippen molar-refractivity contribution in [1.82, 2.24) is 24.6 Å². The molecular weight excluding hydrogens is 495 g/mol. The third kappa shape index (κ3) is 3.00. The van der Waals surface area contributed by atoms with Gasteiger partial charge in [0.15, 0.2) is 5.82 Å². The summed E-state index contributed by atoms with van der Waals surface area (Å²) in [4.78, 5) is 17.9. The van der Waals surface area contributed by atoms with Gasteiger partial charge in [-0.1, -0.05) is 11.6 Å². The largest absolute Gasteiger partial charge is 0.406 e. The lowest BCUT2D eigenvalue weighted by Gasteiger charge is -2.60. The number of nitrogens with zero attached hydrogens (tertiary/aromatic N) is 7. The van der Waals surface area contributed by atoms with Gasteiger partial charge >= 0.3 is 6.18 Å². The monoisotopic (exact) mass is 517 g/mol. The molecule has 0 radical (unpaired) electrons. The Balaban J connectivity index is 1.15. The molecule has 36 heavy (non-hydrogen) atoms. The summed E-state index contributed by atoms with van der Waals surface area (Å²) in [6, 6.07) is 7.45. The molecule has 7 rings (SSSR count). The van der Waals surface area contributed by atoms with Gasteiger partial charge in [-0.3, -0.25) is 14.3 Å². The maximum Gasteiger partial charge on any atom is 0.406 e. The van der Waals surface area contributed by atoms with Gasteiger partial charge in [-0.05, 0) is 49.4 Å². The van der Waals surface area contributed by atoms with E-state index in [0.717, 1.165) is 5.69 Å². The van der Waals surface area contributed by atoms with Crippen LogP contribution in [-0.4, -0.2) is 68.4 Å². The molecule has 2 aromatic rings. The molecule has 1 aromatic carbocycles. The molecule has 2 aliphatic carbocycles. The van der Waals surface area contributed by atoms with Gasteiger partial charge in [-0.2, -0.15) is 18.4 Å². The van der Waals surface area contributed by atoms with Crippen LogP contribution in [0.5, 0.6) is 0 Å². The predicted molar refractivity (Wildman–Crippen MR) is 122 cm³/mol. The highest BCUT2D eigenvalue weighted by molar-refractivity contribution is 6.30. The van der Waals surface area contributed by atoms with E-state index < -0.39 is 17.1 Å². The number of likely N-dealkylation sites (tertiary alicyclic amines) is 1. The first kappa shape index (κ1) is 22.4. The lowest BCUT2D eigenvalue weighted by atomic mass is 9.72. The second-order valence-corrected chi connectivity index (χ2v) is 11.6. The van der Waals surface area contributed by atoms with E-state index in [9.17, 15) is 23.2 Å².